The van der Waals surface area contributed by atoms with E-state index in [0.29, 0.717) is 5.71 Å². The lowest BCUT2D eigenvalue weighted by Gasteiger charge is -1.81. The first-order valence-corrected chi connectivity index (χ1v) is 1.84. The van der Waals surface area contributed by atoms with E-state index in [4.69, 9.17) is 5.21 Å². The molecule has 1 N–H and O–H groups in total. The van der Waals surface area contributed by atoms with Gasteiger partial charge in [-0.1, -0.05) is 12.1 Å². The first-order valence-electron chi connectivity index (χ1n) is 1.84. The van der Waals surface area contributed by atoms with Crippen LogP contribution in [-0.4, -0.2) is 10.9 Å². The quantitative estimate of drug-likeness (QED) is 0.289. The Morgan fingerprint density at radius 1 is 2.00 bits per heavy atom. The summed E-state index contributed by atoms with van der Waals surface area (Å²) in [4.78, 5) is 0. The van der Waals surface area contributed by atoms with E-state index < -0.39 is 0 Å². The van der Waals surface area contributed by atoms with Crippen LogP contribution in [0.4, 0.5) is 0 Å². The minimum atomic E-state index is 0.523. The van der Waals surface area contributed by atoms with Crippen molar-refractivity contribution in [1.29, 1.82) is 0 Å². The predicted molar refractivity (Wildman–Crippen MR) is 24.9 cm³/mol. The molecule has 0 spiro atoms. The largest absolute Gasteiger partial charge is 0.411 e. The molecule has 6 heavy (non-hydrogen) atoms. The van der Waals surface area contributed by atoms with Gasteiger partial charge in [0.25, 0.3) is 0 Å². The van der Waals surface area contributed by atoms with Crippen LogP contribution in [0.2, 0.25) is 0 Å². The van der Waals surface area contributed by atoms with Crippen molar-refractivity contribution in [2.24, 2.45) is 5.16 Å². The van der Waals surface area contributed by atoms with Crippen molar-refractivity contribution >= 4 is 5.71 Å². The zero-order valence-electron chi connectivity index (χ0n) is 3.81. The van der Waals surface area contributed by atoms with E-state index in [9.17, 15) is 0 Å². The highest BCUT2D eigenvalue weighted by atomic mass is 16.4. The van der Waals surface area contributed by atoms with Crippen LogP contribution in [0, 0.1) is 6.92 Å². The summed E-state index contributed by atoms with van der Waals surface area (Å²) in [5.74, 6) is 0. The van der Waals surface area contributed by atoms with Gasteiger partial charge in [0.15, 0.2) is 0 Å². The normalized spacial score (nSPS) is 12.0. The van der Waals surface area contributed by atoms with E-state index in [1.54, 1.807) is 0 Å². The zero-order valence-corrected chi connectivity index (χ0v) is 3.81. The standard InChI is InChI=1S/C4H8NO/c1-3-4(2)5-6/h6H,2-3H2,1H3. The van der Waals surface area contributed by atoms with Crippen LogP contribution in [-0.2, 0) is 0 Å². The average molecular weight is 86.1 g/mol. The fourth-order valence-electron chi connectivity index (χ4n) is 0.0707. The van der Waals surface area contributed by atoms with E-state index in [1.807, 2.05) is 6.92 Å². The zero-order chi connectivity index (χ0) is 4.99. The van der Waals surface area contributed by atoms with E-state index in [1.165, 1.54) is 0 Å². The maximum absolute atomic E-state index is 7.86. The van der Waals surface area contributed by atoms with E-state index in [2.05, 4.69) is 12.1 Å². The van der Waals surface area contributed by atoms with Gasteiger partial charge in [-0.2, -0.15) is 0 Å². The maximum Gasteiger partial charge on any atom is 0.0571 e. The molecule has 2 heteroatoms. The van der Waals surface area contributed by atoms with Gasteiger partial charge in [0.2, 0.25) is 0 Å². The molecule has 0 aliphatic heterocycles. The van der Waals surface area contributed by atoms with Crippen LogP contribution < -0.4 is 0 Å². The van der Waals surface area contributed by atoms with Crippen molar-refractivity contribution in [2.75, 3.05) is 0 Å². The Bertz CT molecular complexity index is 58.6. The van der Waals surface area contributed by atoms with Gasteiger partial charge in [-0.25, -0.2) is 0 Å². The summed E-state index contributed by atoms with van der Waals surface area (Å²) in [6.07, 6.45) is 0.719. The molecule has 0 saturated heterocycles. The molecule has 0 aliphatic rings. The summed E-state index contributed by atoms with van der Waals surface area (Å²) in [6, 6.07) is 0. The number of hydrogen-bond donors (Lipinski definition) is 1. The second-order valence-electron chi connectivity index (χ2n) is 1.02. The van der Waals surface area contributed by atoms with E-state index >= 15 is 0 Å². The highest BCUT2D eigenvalue weighted by molar-refractivity contribution is 5.87. The van der Waals surface area contributed by atoms with Crippen molar-refractivity contribution in [3.63, 3.8) is 0 Å². The first-order chi connectivity index (χ1) is 2.81. The highest BCUT2D eigenvalue weighted by Gasteiger charge is 1.78. The molecule has 0 atom stereocenters. The van der Waals surface area contributed by atoms with Crippen LogP contribution in [0.15, 0.2) is 5.16 Å². The minimum Gasteiger partial charge on any atom is -0.411 e. The molecule has 0 amide bonds. The summed E-state index contributed by atoms with van der Waals surface area (Å²) in [6.45, 7) is 5.25. The number of rotatable bonds is 1. The second kappa shape index (κ2) is 2.69. The van der Waals surface area contributed by atoms with Crippen LogP contribution >= 0.6 is 0 Å². The number of nitrogens with zero attached hydrogens (tertiary/aromatic N) is 1. The molecule has 0 bridgehead atoms. The molecule has 0 aliphatic carbocycles. The molecular weight excluding hydrogens is 78.0 g/mol. The fraction of sp³-hybridized carbons (Fsp3) is 0.500. The van der Waals surface area contributed by atoms with Crippen LogP contribution in [0.3, 0.4) is 0 Å². The third kappa shape index (κ3) is 1.76. The maximum atomic E-state index is 7.86. The molecule has 0 unspecified atom stereocenters. The summed E-state index contributed by atoms with van der Waals surface area (Å²) < 4.78 is 0. The topological polar surface area (TPSA) is 32.6 Å². The fourth-order valence-corrected chi connectivity index (χ4v) is 0.0707. The van der Waals surface area contributed by atoms with Crippen molar-refractivity contribution < 1.29 is 5.21 Å². The predicted octanol–water partition coefficient (Wildman–Crippen LogP) is 1.06. The van der Waals surface area contributed by atoms with Crippen molar-refractivity contribution in [3.05, 3.63) is 6.92 Å². The highest BCUT2D eigenvalue weighted by Crippen LogP contribution is 1.77. The van der Waals surface area contributed by atoms with Gasteiger partial charge in [-0.05, 0) is 13.3 Å². The Labute approximate surface area is 37.5 Å². The molecule has 0 rings (SSSR count). The smallest absolute Gasteiger partial charge is 0.0571 e. The lowest BCUT2D eigenvalue weighted by molar-refractivity contribution is 0.318. The van der Waals surface area contributed by atoms with Gasteiger partial charge in [0, 0.05) is 0 Å². The number of oxime groups is 1. The number of hydrogen-bond acceptors (Lipinski definition) is 2. The summed E-state index contributed by atoms with van der Waals surface area (Å²) in [7, 11) is 0. The van der Waals surface area contributed by atoms with E-state index in [-0.39, 0.29) is 0 Å². The molecule has 0 aromatic heterocycles. The monoisotopic (exact) mass is 86.1 g/mol. The molecule has 35 valence electrons. The summed E-state index contributed by atoms with van der Waals surface area (Å²) in [5, 5.41) is 10.7. The van der Waals surface area contributed by atoms with Gasteiger partial charge < -0.3 is 5.21 Å². The first kappa shape index (κ1) is 5.47. The molecule has 1 radical (unpaired) electrons. The van der Waals surface area contributed by atoms with Gasteiger partial charge in [0.05, 0.1) is 5.71 Å². The minimum absolute atomic E-state index is 0.523. The Hall–Kier alpha value is -0.530. The SMILES string of the molecule is [CH2]C(CC)=NO. The lowest BCUT2D eigenvalue weighted by Crippen LogP contribution is -1.84. The Kier molecular flexibility index (Phi) is 2.46. The van der Waals surface area contributed by atoms with Gasteiger partial charge >= 0.3 is 0 Å². The van der Waals surface area contributed by atoms with Crippen LogP contribution in [0.5, 0.6) is 0 Å². The Morgan fingerprint density at radius 2 is 2.50 bits per heavy atom. The van der Waals surface area contributed by atoms with Gasteiger partial charge in [-0.3, -0.25) is 0 Å². The van der Waals surface area contributed by atoms with Crippen molar-refractivity contribution in [3.8, 4) is 0 Å². The third-order valence-corrected chi connectivity index (χ3v) is 0.550. The summed E-state index contributed by atoms with van der Waals surface area (Å²) >= 11 is 0. The average Bonchev–Trinajstić information content (AvgIpc) is 1.65. The Balaban J connectivity index is 3.22. The van der Waals surface area contributed by atoms with Crippen LogP contribution in [0.1, 0.15) is 13.3 Å². The second-order valence-corrected chi connectivity index (χ2v) is 1.02. The van der Waals surface area contributed by atoms with Gasteiger partial charge in [-0.15, -0.1) is 0 Å². The van der Waals surface area contributed by atoms with Gasteiger partial charge in [0.1, 0.15) is 0 Å². The molecule has 0 saturated carbocycles. The van der Waals surface area contributed by atoms with Crippen molar-refractivity contribution in [1.82, 2.24) is 0 Å². The Morgan fingerprint density at radius 3 is 2.50 bits per heavy atom. The molecule has 0 aromatic carbocycles. The molecule has 2 nitrogen and oxygen atoms in total. The summed E-state index contributed by atoms with van der Waals surface area (Å²) in [5.41, 5.74) is 0.523. The van der Waals surface area contributed by atoms with E-state index in [0.717, 1.165) is 6.42 Å². The van der Waals surface area contributed by atoms with Crippen molar-refractivity contribution in [2.45, 2.75) is 13.3 Å². The molecule has 0 fully saturated rings. The molecule has 0 heterocycles. The lowest BCUT2D eigenvalue weighted by atomic mass is 10.3. The third-order valence-electron chi connectivity index (χ3n) is 0.550. The van der Waals surface area contributed by atoms with Crippen LogP contribution in [0.25, 0.3) is 0 Å². The molecule has 0 aromatic rings. The molecular formula is C4H8NO.